The number of thiazole rings is 1. The summed E-state index contributed by atoms with van der Waals surface area (Å²) in [6.45, 7) is 2.53. The maximum atomic E-state index is 4.50. The lowest BCUT2D eigenvalue weighted by Crippen LogP contribution is -2.25. The van der Waals surface area contributed by atoms with Crippen LogP contribution in [0.1, 0.15) is 17.0 Å². The third-order valence-electron chi connectivity index (χ3n) is 2.73. The summed E-state index contributed by atoms with van der Waals surface area (Å²) in [6.07, 6.45) is 2.94. The quantitative estimate of drug-likeness (QED) is 0.853. The van der Waals surface area contributed by atoms with Gasteiger partial charge in [-0.1, -0.05) is 0 Å². The van der Waals surface area contributed by atoms with E-state index in [1.54, 1.807) is 11.3 Å². The Balaban J connectivity index is 1.71. The second-order valence-electron chi connectivity index (χ2n) is 3.93. The number of rotatable bonds is 3. The molecule has 0 amide bonds. The first-order chi connectivity index (χ1) is 8.42. The third kappa shape index (κ3) is 2.42. The molecule has 0 spiro atoms. The lowest BCUT2D eigenvalue weighted by Gasteiger charge is -2.16. The van der Waals surface area contributed by atoms with E-state index in [1.165, 1.54) is 5.56 Å². The Bertz CT molecular complexity index is 497. The summed E-state index contributed by atoms with van der Waals surface area (Å²) in [4.78, 5) is 13.0. The van der Waals surface area contributed by atoms with Crippen LogP contribution in [0.3, 0.4) is 0 Å². The summed E-state index contributed by atoms with van der Waals surface area (Å²) in [5.74, 6) is 0.681. The van der Waals surface area contributed by atoms with Gasteiger partial charge in [0.25, 0.3) is 0 Å². The summed E-state index contributed by atoms with van der Waals surface area (Å²) in [5, 5.41) is 8.52. The fourth-order valence-corrected chi connectivity index (χ4v) is 2.37. The molecule has 2 aromatic heterocycles. The molecule has 0 aliphatic carbocycles. The van der Waals surface area contributed by atoms with Crippen molar-refractivity contribution in [2.75, 3.05) is 11.9 Å². The predicted octanol–water partition coefficient (Wildman–Crippen LogP) is 1.19. The van der Waals surface area contributed by atoms with Crippen LogP contribution in [0.15, 0.2) is 17.1 Å². The van der Waals surface area contributed by atoms with Gasteiger partial charge in [0.15, 0.2) is 0 Å². The largest absolute Gasteiger partial charge is 0.349 e. The summed E-state index contributed by atoms with van der Waals surface area (Å²) in [6, 6.07) is 0. The van der Waals surface area contributed by atoms with Crippen LogP contribution in [0.4, 0.5) is 5.95 Å². The minimum absolute atomic E-state index is 0.676. The molecule has 1 aliphatic rings. The molecular weight excluding hydrogens is 234 g/mol. The van der Waals surface area contributed by atoms with Crippen LogP contribution < -0.4 is 10.6 Å². The van der Waals surface area contributed by atoms with Crippen molar-refractivity contribution in [2.45, 2.75) is 19.5 Å². The standard InChI is InChI=1S/C11H13N5S/c1-2-12-5-10-8(1)3-13-11(16-10)14-4-9-6-17-7-15-9/h3,6-7,12H,1-2,4-5H2,(H,13,14,16). The SMILES string of the molecule is c1nc(CNc2ncc3c(n2)CNCC3)cs1. The number of nitrogens with zero attached hydrogens (tertiary/aromatic N) is 3. The van der Waals surface area contributed by atoms with E-state index in [9.17, 15) is 0 Å². The van der Waals surface area contributed by atoms with Gasteiger partial charge in [-0.25, -0.2) is 15.0 Å². The number of aromatic nitrogens is 3. The first kappa shape index (κ1) is 10.6. The Morgan fingerprint density at radius 3 is 3.29 bits per heavy atom. The summed E-state index contributed by atoms with van der Waals surface area (Å²) in [7, 11) is 0. The highest BCUT2D eigenvalue weighted by Gasteiger charge is 2.11. The normalized spacial score (nSPS) is 14.4. The van der Waals surface area contributed by atoms with E-state index >= 15 is 0 Å². The summed E-state index contributed by atoms with van der Waals surface area (Å²) in [5.41, 5.74) is 5.21. The zero-order valence-corrected chi connectivity index (χ0v) is 10.1. The average Bonchev–Trinajstić information content (AvgIpc) is 2.89. The van der Waals surface area contributed by atoms with E-state index in [0.29, 0.717) is 12.5 Å². The van der Waals surface area contributed by atoms with Gasteiger partial charge >= 0.3 is 0 Å². The molecule has 3 heterocycles. The number of fused-ring (bicyclic) bond motifs is 1. The topological polar surface area (TPSA) is 62.7 Å². The number of hydrogen-bond acceptors (Lipinski definition) is 6. The lowest BCUT2D eigenvalue weighted by molar-refractivity contribution is 0.623. The van der Waals surface area contributed by atoms with E-state index in [0.717, 1.165) is 30.9 Å². The molecule has 0 saturated heterocycles. The monoisotopic (exact) mass is 247 g/mol. The molecule has 0 atom stereocenters. The first-order valence-electron chi connectivity index (χ1n) is 5.58. The fraction of sp³-hybridized carbons (Fsp3) is 0.364. The van der Waals surface area contributed by atoms with E-state index in [4.69, 9.17) is 0 Å². The molecular formula is C11H13N5S. The van der Waals surface area contributed by atoms with Gasteiger partial charge in [-0.05, 0) is 18.5 Å². The van der Waals surface area contributed by atoms with E-state index in [1.807, 2.05) is 17.1 Å². The molecule has 0 aromatic carbocycles. The highest BCUT2D eigenvalue weighted by atomic mass is 32.1. The van der Waals surface area contributed by atoms with Crippen LogP contribution in [0.2, 0.25) is 0 Å². The Hall–Kier alpha value is -1.53. The highest BCUT2D eigenvalue weighted by Crippen LogP contribution is 2.12. The second-order valence-corrected chi connectivity index (χ2v) is 4.64. The smallest absolute Gasteiger partial charge is 0.223 e. The van der Waals surface area contributed by atoms with Gasteiger partial charge in [-0.15, -0.1) is 11.3 Å². The van der Waals surface area contributed by atoms with E-state index < -0.39 is 0 Å². The van der Waals surface area contributed by atoms with Gasteiger partial charge in [0, 0.05) is 18.1 Å². The van der Waals surface area contributed by atoms with Gasteiger partial charge in [0.1, 0.15) is 0 Å². The molecule has 3 rings (SSSR count). The Labute approximate surface area is 103 Å². The van der Waals surface area contributed by atoms with Gasteiger partial charge < -0.3 is 10.6 Å². The zero-order valence-electron chi connectivity index (χ0n) is 9.31. The first-order valence-corrected chi connectivity index (χ1v) is 6.52. The molecule has 2 N–H and O–H groups in total. The molecule has 0 radical (unpaired) electrons. The van der Waals surface area contributed by atoms with E-state index in [-0.39, 0.29) is 0 Å². The highest BCUT2D eigenvalue weighted by molar-refractivity contribution is 7.07. The molecule has 0 saturated carbocycles. The molecule has 0 unspecified atom stereocenters. The Morgan fingerprint density at radius 2 is 2.41 bits per heavy atom. The molecule has 88 valence electrons. The van der Waals surface area contributed by atoms with Crippen molar-refractivity contribution in [3.05, 3.63) is 34.0 Å². The van der Waals surface area contributed by atoms with Crippen LogP contribution in [0, 0.1) is 0 Å². The van der Waals surface area contributed by atoms with Gasteiger partial charge in [-0.3, -0.25) is 0 Å². The Kier molecular flexibility index (Phi) is 2.98. The maximum absolute atomic E-state index is 4.50. The number of nitrogens with one attached hydrogen (secondary N) is 2. The fourth-order valence-electron chi connectivity index (χ4n) is 1.81. The second kappa shape index (κ2) is 4.77. The third-order valence-corrected chi connectivity index (χ3v) is 3.36. The van der Waals surface area contributed by atoms with Crippen molar-refractivity contribution in [3.63, 3.8) is 0 Å². The van der Waals surface area contributed by atoms with Crippen molar-refractivity contribution in [1.82, 2.24) is 20.3 Å². The van der Waals surface area contributed by atoms with Crippen molar-refractivity contribution in [3.8, 4) is 0 Å². The summed E-state index contributed by atoms with van der Waals surface area (Å²) < 4.78 is 0. The van der Waals surface area contributed by atoms with Crippen molar-refractivity contribution >= 4 is 17.3 Å². The summed E-state index contributed by atoms with van der Waals surface area (Å²) >= 11 is 1.60. The van der Waals surface area contributed by atoms with Crippen LogP contribution in [-0.4, -0.2) is 21.5 Å². The predicted molar refractivity (Wildman–Crippen MR) is 66.9 cm³/mol. The van der Waals surface area contributed by atoms with Gasteiger partial charge in [0.2, 0.25) is 5.95 Å². The minimum Gasteiger partial charge on any atom is -0.349 e. The zero-order chi connectivity index (χ0) is 11.5. The van der Waals surface area contributed by atoms with Crippen molar-refractivity contribution in [1.29, 1.82) is 0 Å². The van der Waals surface area contributed by atoms with Crippen LogP contribution in [0.5, 0.6) is 0 Å². The van der Waals surface area contributed by atoms with Crippen molar-refractivity contribution < 1.29 is 0 Å². The molecule has 1 aliphatic heterocycles. The van der Waals surface area contributed by atoms with E-state index in [2.05, 4.69) is 25.6 Å². The Morgan fingerprint density at radius 1 is 1.41 bits per heavy atom. The van der Waals surface area contributed by atoms with Crippen molar-refractivity contribution in [2.24, 2.45) is 0 Å². The molecule has 6 heteroatoms. The number of hydrogen-bond donors (Lipinski definition) is 2. The van der Waals surface area contributed by atoms with Gasteiger partial charge in [0.05, 0.1) is 23.4 Å². The molecule has 17 heavy (non-hydrogen) atoms. The average molecular weight is 247 g/mol. The lowest BCUT2D eigenvalue weighted by atomic mass is 10.1. The molecule has 0 fully saturated rings. The number of anilines is 1. The van der Waals surface area contributed by atoms with Crippen LogP contribution in [-0.2, 0) is 19.5 Å². The van der Waals surface area contributed by atoms with Crippen LogP contribution in [0.25, 0.3) is 0 Å². The van der Waals surface area contributed by atoms with Gasteiger partial charge in [-0.2, -0.15) is 0 Å². The molecule has 5 nitrogen and oxygen atoms in total. The molecule has 2 aromatic rings. The van der Waals surface area contributed by atoms with Crippen LogP contribution >= 0.6 is 11.3 Å². The molecule has 0 bridgehead atoms. The maximum Gasteiger partial charge on any atom is 0.223 e. The minimum atomic E-state index is 0.676.